The third-order valence-corrected chi connectivity index (χ3v) is 4.19. The van der Waals surface area contributed by atoms with Gasteiger partial charge in [0.05, 0.1) is 0 Å². The quantitative estimate of drug-likeness (QED) is 0.400. The highest BCUT2D eigenvalue weighted by atomic mass is 28.3. The Balaban J connectivity index is 1.94. The highest BCUT2D eigenvalue weighted by Gasteiger charge is 2.19. The van der Waals surface area contributed by atoms with E-state index in [1.165, 1.54) is 0 Å². The third kappa shape index (κ3) is 5.85. The zero-order valence-corrected chi connectivity index (χ0v) is 13.1. The van der Waals surface area contributed by atoms with Crippen LogP contribution >= 0.6 is 0 Å². The van der Waals surface area contributed by atoms with Crippen molar-refractivity contribution in [3.05, 3.63) is 73.3 Å². The molecule has 0 bridgehead atoms. The Morgan fingerprint density at radius 1 is 0.857 bits per heavy atom. The fraction of sp³-hybridized carbons (Fsp3) is 0.176. The average molecular weight is 300 g/mol. The molecule has 0 aliphatic carbocycles. The molecule has 3 nitrogen and oxygen atoms in total. The molecule has 110 valence electrons. The number of allylic oxidation sites excluding steroid dienone is 1. The fourth-order valence-corrected chi connectivity index (χ4v) is 3.02. The van der Waals surface area contributed by atoms with Gasteiger partial charge in [-0.3, -0.25) is 0 Å². The van der Waals surface area contributed by atoms with Gasteiger partial charge in [-0.1, -0.05) is 42.5 Å². The molecule has 0 radical (unpaired) electrons. The van der Waals surface area contributed by atoms with Gasteiger partial charge in [-0.05, 0) is 37.1 Å². The Hall–Kier alpha value is -2.04. The predicted molar refractivity (Wildman–Crippen MR) is 86.7 cm³/mol. The van der Waals surface area contributed by atoms with Gasteiger partial charge in [0, 0.05) is 6.61 Å². The van der Waals surface area contributed by atoms with Gasteiger partial charge in [-0.15, -0.1) is 6.58 Å². The molecule has 0 aliphatic heterocycles. The van der Waals surface area contributed by atoms with Crippen LogP contribution in [0.3, 0.4) is 0 Å². The molecule has 0 saturated heterocycles. The Kier molecular flexibility index (Phi) is 6.57. The van der Waals surface area contributed by atoms with Crippen molar-refractivity contribution in [3.8, 4) is 11.5 Å². The molecule has 0 unspecified atom stereocenters. The van der Waals surface area contributed by atoms with Gasteiger partial charge >= 0.3 is 9.53 Å². The van der Waals surface area contributed by atoms with E-state index in [1.807, 2.05) is 66.7 Å². The zero-order valence-electron chi connectivity index (χ0n) is 12.0. The van der Waals surface area contributed by atoms with Gasteiger partial charge in [0.15, 0.2) is 0 Å². The number of hydrogen-bond acceptors (Lipinski definition) is 3. The summed E-state index contributed by atoms with van der Waals surface area (Å²) in [4.78, 5) is 0. The van der Waals surface area contributed by atoms with E-state index in [2.05, 4.69) is 6.58 Å². The first-order chi connectivity index (χ1) is 10.4. The molecular weight excluding hydrogens is 280 g/mol. The lowest BCUT2D eigenvalue weighted by atomic mass is 10.3. The van der Waals surface area contributed by atoms with Crippen molar-refractivity contribution in [1.29, 1.82) is 0 Å². The van der Waals surface area contributed by atoms with Crippen molar-refractivity contribution in [2.24, 2.45) is 0 Å². The molecule has 21 heavy (non-hydrogen) atoms. The van der Waals surface area contributed by atoms with Crippen LogP contribution in [0.4, 0.5) is 0 Å². The van der Waals surface area contributed by atoms with E-state index in [1.54, 1.807) is 0 Å². The minimum atomic E-state index is -2.26. The van der Waals surface area contributed by atoms with E-state index in [-0.39, 0.29) is 0 Å². The minimum absolute atomic E-state index is 0.614. The van der Waals surface area contributed by atoms with Gasteiger partial charge in [0.1, 0.15) is 11.5 Å². The van der Waals surface area contributed by atoms with E-state index in [0.717, 1.165) is 24.3 Å². The fourth-order valence-electron chi connectivity index (χ4n) is 1.72. The maximum atomic E-state index is 5.87. The molecule has 0 aromatic heterocycles. The molecular formula is C17H20O3Si. The molecule has 0 aliphatic rings. The van der Waals surface area contributed by atoms with Crippen molar-refractivity contribution < 1.29 is 13.3 Å². The molecule has 0 spiro atoms. The molecule has 0 atom stereocenters. The maximum absolute atomic E-state index is 5.87. The molecule has 0 saturated carbocycles. The van der Waals surface area contributed by atoms with E-state index < -0.39 is 9.53 Å². The second-order valence-corrected chi connectivity index (χ2v) is 5.83. The average Bonchev–Trinajstić information content (AvgIpc) is 2.53. The largest absolute Gasteiger partial charge is 0.615 e. The Morgan fingerprint density at radius 2 is 1.38 bits per heavy atom. The van der Waals surface area contributed by atoms with Gasteiger partial charge in [-0.2, -0.15) is 0 Å². The highest BCUT2D eigenvalue weighted by Crippen LogP contribution is 2.14. The Morgan fingerprint density at radius 3 is 1.86 bits per heavy atom. The van der Waals surface area contributed by atoms with Crippen molar-refractivity contribution in [2.75, 3.05) is 6.61 Å². The number of rotatable bonds is 9. The van der Waals surface area contributed by atoms with Crippen molar-refractivity contribution in [2.45, 2.75) is 12.8 Å². The monoisotopic (exact) mass is 300 g/mol. The van der Waals surface area contributed by atoms with Gasteiger partial charge in [0.25, 0.3) is 0 Å². The van der Waals surface area contributed by atoms with E-state index in [9.17, 15) is 0 Å². The number of benzene rings is 2. The van der Waals surface area contributed by atoms with Crippen LogP contribution in [-0.4, -0.2) is 16.1 Å². The van der Waals surface area contributed by atoms with Crippen LogP contribution < -0.4 is 8.85 Å². The first-order valence-electron chi connectivity index (χ1n) is 7.04. The van der Waals surface area contributed by atoms with Gasteiger partial charge < -0.3 is 13.3 Å². The first-order valence-corrected chi connectivity index (χ1v) is 8.46. The van der Waals surface area contributed by atoms with Crippen LogP contribution in [0, 0.1) is 0 Å². The Bertz CT molecular complexity index is 475. The normalized spacial score (nSPS) is 10.3. The summed E-state index contributed by atoms with van der Waals surface area (Å²) < 4.78 is 17.5. The van der Waals surface area contributed by atoms with Crippen LogP contribution in [0.5, 0.6) is 11.5 Å². The van der Waals surface area contributed by atoms with Crippen LogP contribution in [0.15, 0.2) is 73.3 Å². The lowest BCUT2D eigenvalue weighted by Gasteiger charge is -2.18. The SMILES string of the molecule is C=CCCCO[SiH](Oc1ccccc1)Oc1ccccc1. The maximum Gasteiger partial charge on any atom is 0.615 e. The summed E-state index contributed by atoms with van der Waals surface area (Å²) in [5.74, 6) is 1.54. The molecule has 0 amide bonds. The molecule has 0 N–H and O–H groups in total. The topological polar surface area (TPSA) is 27.7 Å². The lowest BCUT2D eigenvalue weighted by Crippen LogP contribution is -2.34. The van der Waals surface area contributed by atoms with Gasteiger partial charge in [0.2, 0.25) is 0 Å². The smallest absolute Gasteiger partial charge is 0.494 e. The summed E-state index contributed by atoms with van der Waals surface area (Å²) >= 11 is 0. The molecule has 0 fully saturated rings. The minimum Gasteiger partial charge on any atom is -0.494 e. The van der Waals surface area contributed by atoms with Crippen molar-refractivity contribution in [3.63, 3.8) is 0 Å². The van der Waals surface area contributed by atoms with Crippen LogP contribution in [-0.2, 0) is 4.43 Å². The second kappa shape index (κ2) is 9.00. The second-order valence-electron chi connectivity index (χ2n) is 4.45. The van der Waals surface area contributed by atoms with Crippen molar-refractivity contribution >= 4 is 9.53 Å². The van der Waals surface area contributed by atoms with E-state index >= 15 is 0 Å². The first kappa shape index (κ1) is 15.3. The summed E-state index contributed by atoms with van der Waals surface area (Å²) in [5, 5.41) is 0. The highest BCUT2D eigenvalue weighted by molar-refractivity contribution is 6.38. The summed E-state index contributed by atoms with van der Waals surface area (Å²) in [7, 11) is -2.26. The molecule has 4 heteroatoms. The molecule has 2 aromatic rings. The third-order valence-electron chi connectivity index (χ3n) is 2.76. The molecule has 2 aromatic carbocycles. The summed E-state index contributed by atoms with van der Waals surface area (Å²) in [6.45, 7) is 4.32. The van der Waals surface area contributed by atoms with Crippen LogP contribution in [0.25, 0.3) is 0 Å². The van der Waals surface area contributed by atoms with Crippen LogP contribution in [0.1, 0.15) is 12.8 Å². The van der Waals surface area contributed by atoms with E-state index in [0.29, 0.717) is 6.61 Å². The van der Waals surface area contributed by atoms with Crippen molar-refractivity contribution in [1.82, 2.24) is 0 Å². The lowest BCUT2D eigenvalue weighted by molar-refractivity contribution is 0.199. The summed E-state index contributed by atoms with van der Waals surface area (Å²) in [6, 6.07) is 19.2. The predicted octanol–water partition coefficient (Wildman–Crippen LogP) is 3.84. The number of para-hydroxylation sites is 2. The van der Waals surface area contributed by atoms with Crippen LogP contribution in [0.2, 0.25) is 0 Å². The van der Waals surface area contributed by atoms with Gasteiger partial charge in [-0.25, -0.2) is 0 Å². The molecule has 0 heterocycles. The standard InChI is InChI=1S/C17H20O3Si/c1-2-3-10-15-18-21(19-16-11-6-4-7-12-16)20-17-13-8-5-9-14-17/h2,4-9,11-14,21H,1,3,10,15H2. The zero-order chi connectivity index (χ0) is 14.8. The van der Waals surface area contributed by atoms with E-state index in [4.69, 9.17) is 13.3 Å². The number of unbranched alkanes of at least 4 members (excludes halogenated alkanes) is 1. The summed E-state index contributed by atoms with van der Waals surface area (Å²) in [5.41, 5.74) is 0. The molecule has 2 rings (SSSR count). The Labute approximate surface area is 127 Å². The summed E-state index contributed by atoms with van der Waals surface area (Å²) in [6.07, 6.45) is 3.73. The number of hydrogen-bond donors (Lipinski definition) is 0.